The van der Waals surface area contributed by atoms with Gasteiger partial charge in [0.05, 0.1) is 31.4 Å². The van der Waals surface area contributed by atoms with Gasteiger partial charge in [-0.1, -0.05) is 17.7 Å². The number of anilines is 1. The van der Waals surface area contributed by atoms with Crippen molar-refractivity contribution in [2.75, 3.05) is 5.32 Å². The Labute approximate surface area is 158 Å². The lowest BCUT2D eigenvalue weighted by molar-refractivity contribution is -0.137. The molecule has 0 atom stereocenters. The van der Waals surface area contributed by atoms with Crippen LogP contribution in [0.15, 0.2) is 42.9 Å². The Kier molecular flexibility index (Phi) is 5.51. The first kappa shape index (κ1) is 18.6. The van der Waals surface area contributed by atoms with Gasteiger partial charge in [-0.2, -0.15) is 10.2 Å². The van der Waals surface area contributed by atoms with E-state index in [1.165, 1.54) is 35.3 Å². The summed E-state index contributed by atoms with van der Waals surface area (Å²) in [5, 5.41) is 19.8. The first-order valence-corrected chi connectivity index (χ1v) is 8.31. The molecule has 10 heteroatoms. The number of rotatable bonds is 7. The normalized spacial score (nSPS) is 10.7. The average Bonchev–Trinajstić information content (AvgIpc) is 3.25. The van der Waals surface area contributed by atoms with Crippen molar-refractivity contribution in [2.45, 2.75) is 19.5 Å². The lowest BCUT2D eigenvalue weighted by Crippen LogP contribution is -2.13. The third kappa shape index (κ3) is 4.91. The molecule has 2 aromatic heterocycles. The zero-order chi connectivity index (χ0) is 19.4. The van der Waals surface area contributed by atoms with Crippen LogP contribution < -0.4 is 5.32 Å². The van der Waals surface area contributed by atoms with Gasteiger partial charge in [-0.05, 0) is 23.8 Å². The first-order chi connectivity index (χ1) is 12.9. The van der Waals surface area contributed by atoms with Crippen LogP contribution in [0.2, 0.25) is 5.02 Å². The molecule has 0 fully saturated rings. The van der Waals surface area contributed by atoms with Gasteiger partial charge in [0.25, 0.3) is 5.91 Å². The van der Waals surface area contributed by atoms with E-state index in [1.54, 1.807) is 16.9 Å². The fraction of sp³-hybridized carbons (Fsp3) is 0.176. The maximum absolute atomic E-state index is 13.1. The maximum Gasteiger partial charge on any atom is 0.305 e. The monoisotopic (exact) mass is 391 g/mol. The number of nitrogens with zero attached hydrogens (tertiary/aromatic N) is 4. The quantitative estimate of drug-likeness (QED) is 0.644. The maximum atomic E-state index is 13.1. The number of aryl methyl sites for hydroxylation is 1. The number of carboxylic acids is 1. The molecule has 3 aromatic rings. The number of aromatic nitrogens is 4. The second-order valence-corrected chi connectivity index (χ2v) is 6.13. The molecule has 2 heterocycles. The molecule has 0 spiro atoms. The summed E-state index contributed by atoms with van der Waals surface area (Å²) in [6.45, 7) is 0.498. The molecule has 3 rings (SSSR count). The van der Waals surface area contributed by atoms with Crippen LogP contribution in [0.3, 0.4) is 0 Å². The summed E-state index contributed by atoms with van der Waals surface area (Å²) < 4.78 is 16.0. The Bertz CT molecular complexity index is 985. The summed E-state index contributed by atoms with van der Waals surface area (Å²) in [6, 6.07) is 5.61. The largest absolute Gasteiger partial charge is 0.481 e. The Morgan fingerprint density at radius 3 is 2.81 bits per heavy atom. The summed E-state index contributed by atoms with van der Waals surface area (Å²) in [6.07, 6.45) is 4.54. The Balaban J connectivity index is 1.61. The molecule has 8 nitrogen and oxygen atoms in total. The van der Waals surface area contributed by atoms with E-state index in [0.717, 1.165) is 0 Å². The minimum absolute atomic E-state index is 0.0819. The lowest BCUT2D eigenvalue weighted by atomic mass is 10.2. The predicted molar refractivity (Wildman–Crippen MR) is 95.2 cm³/mol. The highest BCUT2D eigenvalue weighted by Gasteiger charge is 2.12. The molecule has 0 aliphatic carbocycles. The molecule has 1 amide bonds. The minimum Gasteiger partial charge on any atom is -0.481 e. The zero-order valence-electron chi connectivity index (χ0n) is 14.0. The highest BCUT2D eigenvalue weighted by atomic mass is 35.5. The van der Waals surface area contributed by atoms with E-state index in [-0.39, 0.29) is 18.7 Å². The summed E-state index contributed by atoms with van der Waals surface area (Å²) in [5.41, 5.74) is 1.31. The standard InChI is InChI=1S/C17H15ClFN5O3/c18-14-7-12(19)2-1-11(14)9-24-10-13(8-20-24)21-17(27)15-3-5-23(22-15)6-4-16(25)26/h1-3,5,7-8,10H,4,6,9H2,(H,21,27)(H,25,26). The van der Waals surface area contributed by atoms with Gasteiger partial charge in [0.15, 0.2) is 5.69 Å². The number of halogens is 2. The average molecular weight is 392 g/mol. The minimum atomic E-state index is -0.940. The van der Waals surface area contributed by atoms with Crippen LogP contribution in [-0.2, 0) is 17.9 Å². The van der Waals surface area contributed by atoms with Gasteiger partial charge in [0, 0.05) is 17.4 Å². The number of carboxylic acid groups (broad SMARTS) is 1. The van der Waals surface area contributed by atoms with Crippen LogP contribution in [0, 0.1) is 5.82 Å². The van der Waals surface area contributed by atoms with Crippen molar-refractivity contribution in [2.24, 2.45) is 0 Å². The summed E-state index contributed by atoms with van der Waals surface area (Å²) in [7, 11) is 0. The number of amides is 1. The number of carbonyl (C=O) groups is 2. The van der Waals surface area contributed by atoms with Crippen molar-refractivity contribution in [3.8, 4) is 0 Å². The summed E-state index contributed by atoms with van der Waals surface area (Å²) >= 11 is 6.00. The molecule has 0 saturated carbocycles. The lowest BCUT2D eigenvalue weighted by Gasteiger charge is -2.04. The molecule has 0 radical (unpaired) electrons. The van der Waals surface area contributed by atoms with Crippen LogP contribution >= 0.6 is 11.6 Å². The SMILES string of the molecule is O=C(O)CCn1ccc(C(=O)Nc2cnn(Cc3ccc(F)cc3Cl)c2)n1. The molecular formula is C17H15ClFN5O3. The number of carbonyl (C=O) groups excluding carboxylic acids is 1. The van der Waals surface area contributed by atoms with Gasteiger partial charge in [-0.25, -0.2) is 4.39 Å². The highest BCUT2D eigenvalue weighted by Crippen LogP contribution is 2.19. The molecular weight excluding hydrogens is 377 g/mol. The van der Waals surface area contributed by atoms with Crippen molar-refractivity contribution in [1.82, 2.24) is 19.6 Å². The van der Waals surface area contributed by atoms with Gasteiger partial charge >= 0.3 is 5.97 Å². The highest BCUT2D eigenvalue weighted by molar-refractivity contribution is 6.31. The fourth-order valence-corrected chi connectivity index (χ4v) is 2.58. The van der Waals surface area contributed by atoms with Crippen LogP contribution in [0.1, 0.15) is 22.5 Å². The molecule has 27 heavy (non-hydrogen) atoms. The van der Waals surface area contributed by atoms with Gasteiger partial charge in [0.1, 0.15) is 5.82 Å². The number of hydrogen-bond acceptors (Lipinski definition) is 4. The van der Waals surface area contributed by atoms with Gasteiger partial charge in [-0.15, -0.1) is 0 Å². The van der Waals surface area contributed by atoms with Crippen LogP contribution in [0.25, 0.3) is 0 Å². The van der Waals surface area contributed by atoms with Crippen molar-refractivity contribution in [3.63, 3.8) is 0 Å². The van der Waals surface area contributed by atoms with E-state index < -0.39 is 17.7 Å². The predicted octanol–water partition coefficient (Wildman–Crippen LogP) is 2.65. The van der Waals surface area contributed by atoms with Crippen LogP contribution in [0.5, 0.6) is 0 Å². The van der Waals surface area contributed by atoms with E-state index in [9.17, 15) is 14.0 Å². The molecule has 2 N–H and O–H groups in total. The zero-order valence-corrected chi connectivity index (χ0v) is 14.7. The van der Waals surface area contributed by atoms with Crippen LogP contribution in [0.4, 0.5) is 10.1 Å². The smallest absolute Gasteiger partial charge is 0.305 e. The molecule has 0 saturated heterocycles. The Morgan fingerprint density at radius 2 is 2.07 bits per heavy atom. The van der Waals surface area contributed by atoms with Gasteiger partial charge < -0.3 is 10.4 Å². The van der Waals surface area contributed by atoms with Crippen molar-refractivity contribution in [3.05, 3.63) is 65.0 Å². The number of aliphatic carboxylic acids is 1. The molecule has 0 bridgehead atoms. The molecule has 0 unspecified atom stereocenters. The van der Waals surface area contributed by atoms with E-state index >= 15 is 0 Å². The topological polar surface area (TPSA) is 102 Å². The van der Waals surface area contributed by atoms with Crippen molar-refractivity contribution < 1.29 is 19.1 Å². The van der Waals surface area contributed by atoms with Gasteiger partial charge in [-0.3, -0.25) is 19.0 Å². The molecule has 0 aliphatic heterocycles. The Morgan fingerprint density at radius 1 is 1.26 bits per heavy atom. The molecule has 0 aliphatic rings. The fourth-order valence-electron chi connectivity index (χ4n) is 2.35. The second-order valence-electron chi connectivity index (χ2n) is 5.72. The molecule has 140 valence electrons. The third-order valence-corrected chi connectivity index (χ3v) is 4.02. The summed E-state index contributed by atoms with van der Waals surface area (Å²) in [5.74, 6) is -1.80. The third-order valence-electron chi connectivity index (χ3n) is 3.67. The van der Waals surface area contributed by atoms with Crippen molar-refractivity contribution >= 4 is 29.2 Å². The van der Waals surface area contributed by atoms with E-state index in [1.807, 2.05) is 0 Å². The van der Waals surface area contributed by atoms with E-state index in [2.05, 4.69) is 15.5 Å². The molecule has 1 aromatic carbocycles. The Hall–Kier alpha value is -3.20. The van der Waals surface area contributed by atoms with Crippen LogP contribution in [-0.4, -0.2) is 36.5 Å². The number of benzene rings is 1. The van der Waals surface area contributed by atoms with E-state index in [4.69, 9.17) is 16.7 Å². The summed E-state index contributed by atoms with van der Waals surface area (Å²) in [4.78, 5) is 22.8. The second kappa shape index (κ2) is 8.00. The van der Waals surface area contributed by atoms with Gasteiger partial charge in [0.2, 0.25) is 0 Å². The van der Waals surface area contributed by atoms with E-state index in [0.29, 0.717) is 22.8 Å². The number of nitrogens with one attached hydrogen (secondary N) is 1. The first-order valence-electron chi connectivity index (χ1n) is 7.93. The number of hydrogen-bond donors (Lipinski definition) is 2. The van der Waals surface area contributed by atoms with Crippen molar-refractivity contribution in [1.29, 1.82) is 0 Å².